The number of pyridine rings is 1. The van der Waals surface area contributed by atoms with Gasteiger partial charge in [-0.1, -0.05) is 0 Å². The maximum Gasteiger partial charge on any atom is 0.316 e. The van der Waals surface area contributed by atoms with Crippen molar-refractivity contribution in [3.8, 4) is 0 Å². The number of hydrogen-bond acceptors (Lipinski definition) is 5. The van der Waals surface area contributed by atoms with Crippen LogP contribution in [0.5, 0.6) is 0 Å². The summed E-state index contributed by atoms with van der Waals surface area (Å²) in [5.41, 5.74) is 11.5. The Morgan fingerprint density at radius 3 is 2.37 bits per heavy atom. The van der Waals surface area contributed by atoms with E-state index >= 15 is 0 Å². The predicted molar refractivity (Wildman–Crippen MR) is 107 cm³/mol. The minimum atomic E-state index is -0.669. The van der Waals surface area contributed by atoms with Crippen LogP contribution in [0.2, 0.25) is 0 Å². The van der Waals surface area contributed by atoms with Gasteiger partial charge in [0, 0.05) is 42.8 Å². The van der Waals surface area contributed by atoms with Crippen molar-refractivity contribution in [3.63, 3.8) is 0 Å². The van der Waals surface area contributed by atoms with Crippen molar-refractivity contribution < 1.29 is 18.8 Å². The largest absolute Gasteiger partial charge is 0.396 e. The van der Waals surface area contributed by atoms with Crippen molar-refractivity contribution in [1.29, 1.82) is 0 Å². The van der Waals surface area contributed by atoms with E-state index in [1.54, 1.807) is 34.1 Å². The van der Waals surface area contributed by atoms with Crippen molar-refractivity contribution in [1.82, 2.24) is 14.8 Å². The van der Waals surface area contributed by atoms with Gasteiger partial charge in [-0.15, -0.1) is 0 Å². The molecule has 1 aromatic carbocycles. The molecule has 2 aliphatic rings. The highest BCUT2D eigenvalue weighted by Crippen LogP contribution is 2.40. The Hall–Kier alpha value is -3.69. The number of halogens is 1. The summed E-state index contributed by atoms with van der Waals surface area (Å²) >= 11 is 0. The number of urea groups is 1. The summed E-state index contributed by atoms with van der Waals surface area (Å²) in [5.74, 6) is -1.05. The highest BCUT2D eigenvalue weighted by molar-refractivity contribution is 5.96. The number of nitrogens with two attached hydrogens (primary N) is 2. The molecule has 5 N–H and O–H groups in total. The first-order valence-electron chi connectivity index (χ1n) is 9.42. The van der Waals surface area contributed by atoms with Crippen LogP contribution < -0.4 is 16.8 Å². The number of carbonyl (C=O) groups is 3. The average molecular weight is 412 g/mol. The van der Waals surface area contributed by atoms with Gasteiger partial charge >= 0.3 is 6.03 Å². The molecule has 2 aliphatic heterocycles. The normalized spacial score (nSPS) is 17.0. The van der Waals surface area contributed by atoms with Gasteiger partial charge in [0.25, 0.3) is 11.8 Å². The molecule has 0 radical (unpaired) electrons. The standard InChI is InChI=1S/C20H21FN6O3/c21-14-8-24-16(7-15(14)22)18(29)26-6-5-20(9-26)10-27(11-20)17(28)12-1-3-13(4-2-12)25-19(23)30/h1-4,7-8H,5-6,9-11H2,(H2,22,24)(H3,23,25,30). The van der Waals surface area contributed by atoms with Gasteiger partial charge in [-0.3, -0.25) is 9.59 Å². The van der Waals surface area contributed by atoms with Crippen LogP contribution in [-0.2, 0) is 0 Å². The van der Waals surface area contributed by atoms with Gasteiger partial charge in [0.2, 0.25) is 0 Å². The SMILES string of the molecule is NC(=O)Nc1ccc(C(=O)N2CC3(CCN(C(=O)c4cc(N)c(F)cn4)C3)C2)cc1. The van der Waals surface area contributed by atoms with E-state index in [2.05, 4.69) is 10.3 Å². The summed E-state index contributed by atoms with van der Waals surface area (Å²) in [5, 5.41) is 2.45. The Morgan fingerprint density at radius 1 is 1.07 bits per heavy atom. The van der Waals surface area contributed by atoms with E-state index in [-0.39, 0.29) is 28.6 Å². The first-order valence-corrected chi connectivity index (χ1v) is 9.42. The Morgan fingerprint density at radius 2 is 1.73 bits per heavy atom. The quantitative estimate of drug-likeness (QED) is 0.698. The third-order valence-corrected chi connectivity index (χ3v) is 5.57. The molecule has 2 fully saturated rings. The van der Waals surface area contributed by atoms with Crippen molar-refractivity contribution >= 4 is 29.2 Å². The lowest BCUT2D eigenvalue weighted by molar-refractivity contribution is 0.0110. The molecule has 4 amide bonds. The molecule has 3 heterocycles. The number of amides is 4. The van der Waals surface area contributed by atoms with Crippen LogP contribution in [0.3, 0.4) is 0 Å². The summed E-state index contributed by atoms with van der Waals surface area (Å²) in [4.78, 5) is 43.4. The van der Waals surface area contributed by atoms with Gasteiger partial charge in [-0.05, 0) is 36.8 Å². The molecule has 10 heteroatoms. The number of nitrogens with zero attached hydrogens (tertiary/aromatic N) is 3. The van der Waals surface area contributed by atoms with Gasteiger partial charge < -0.3 is 26.6 Å². The first-order chi connectivity index (χ1) is 14.3. The molecule has 4 rings (SSSR count). The number of primary amides is 1. The van der Waals surface area contributed by atoms with E-state index in [9.17, 15) is 18.8 Å². The van der Waals surface area contributed by atoms with Gasteiger partial charge in [-0.2, -0.15) is 0 Å². The Kier molecular flexibility index (Phi) is 4.76. The maximum absolute atomic E-state index is 13.3. The molecule has 0 saturated carbocycles. The number of likely N-dealkylation sites (tertiary alicyclic amines) is 2. The average Bonchev–Trinajstić information content (AvgIpc) is 3.14. The van der Waals surface area contributed by atoms with Crippen molar-refractivity contribution in [2.24, 2.45) is 11.1 Å². The van der Waals surface area contributed by atoms with E-state index in [4.69, 9.17) is 11.5 Å². The van der Waals surface area contributed by atoms with E-state index in [0.717, 1.165) is 12.6 Å². The van der Waals surface area contributed by atoms with Crippen molar-refractivity contribution in [2.45, 2.75) is 6.42 Å². The third kappa shape index (κ3) is 3.63. The number of rotatable bonds is 3. The monoisotopic (exact) mass is 412 g/mol. The number of nitrogen functional groups attached to an aromatic ring is 1. The molecule has 0 atom stereocenters. The molecule has 1 spiro atoms. The molecule has 2 aromatic rings. The summed E-state index contributed by atoms with van der Waals surface area (Å²) in [6, 6.07) is 7.07. The number of nitrogens with one attached hydrogen (secondary N) is 1. The molecule has 1 aromatic heterocycles. The molecule has 2 saturated heterocycles. The Bertz CT molecular complexity index is 1020. The minimum absolute atomic E-state index is 0.107. The number of anilines is 2. The lowest BCUT2D eigenvalue weighted by Crippen LogP contribution is -2.59. The fourth-order valence-corrected chi connectivity index (χ4v) is 4.03. The molecule has 9 nitrogen and oxygen atoms in total. The molecule has 156 valence electrons. The summed E-state index contributed by atoms with van der Waals surface area (Å²) in [6.07, 6.45) is 1.73. The van der Waals surface area contributed by atoms with Crippen LogP contribution >= 0.6 is 0 Å². The number of hydrogen-bond donors (Lipinski definition) is 3. The summed E-state index contributed by atoms with van der Waals surface area (Å²) in [7, 11) is 0. The highest BCUT2D eigenvalue weighted by atomic mass is 19.1. The molecule has 30 heavy (non-hydrogen) atoms. The smallest absolute Gasteiger partial charge is 0.316 e. The molecule has 0 aliphatic carbocycles. The Balaban J connectivity index is 1.35. The van der Waals surface area contributed by atoms with Crippen LogP contribution in [0, 0.1) is 11.2 Å². The van der Waals surface area contributed by atoms with Gasteiger partial charge in [-0.25, -0.2) is 14.2 Å². The molecule has 0 bridgehead atoms. The van der Waals surface area contributed by atoms with Crippen molar-refractivity contribution in [2.75, 3.05) is 37.2 Å². The topological polar surface area (TPSA) is 135 Å². The fraction of sp³-hybridized carbons (Fsp3) is 0.300. The van der Waals surface area contributed by atoms with Gasteiger partial charge in [0.1, 0.15) is 5.69 Å². The zero-order valence-corrected chi connectivity index (χ0v) is 16.1. The fourth-order valence-electron chi connectivity index (χ4n) is 4.03. The third-order valence-electron chi connectivity index (χ3n) is 5.57. The molecule has 0 unspecified atom stereocenters. The van der Waals surface area contributed by atoms with Crippen LogP contribution in [0.15, 0.2) is 36.5 Å². The van der Waals surface area contributed by atoms with E-state index in [1.807, 2.05) is 0 Å². The highest BCUT2D eigenvalue weighted by Gasteiger charge is 2.50. The summed E-state index contributed by atoms with van der Waals surface area (Å²) in [6.45, 7) is 2.16. The zero-order valence-electron chi connectivity index (χ0n) is 16.1. The van der Waals surface area contributed by atoms with Gasteiger partial charge in [0.15, 0.2) is 5.82 Å². The number of benzene rings is 1. The second-order valence-corrected chi connectivity index (χ2v) is 7.80. The Labute approximate surface area is 171 Å². The van der Waals surface area contributed by atoms with Gasteiger partial charge in [0.05, 0.1) is 11.9 Å². The van der Waals surface area contributed by atoms with E-state index in [1.165, 1.54) is 6.07 Å². The van der Waals surface area contributed by atoms with E-state index in [0.29, 0.717) is 37.4 Å². The zero-order chi connectivity index (χ0) is 21.5. The van der Waals surface area contributed by atoms with Crippen LogP contribution in [-0.4, -0.2) is 58.8 Å². The lowest BCUT2D eigenvalue weighted by atomic mass is 9.78. The van der Waals surface area contributed by atoms with Crippen molar-refractivity contribution in [3.05, 3.63) is 53.6 Å². The molecular weight excluding hydrogens is 391 g/mol. The van der Waals surface area contributed by atoms with E-state index < -0.39 is 11.8 Å². The predicted octanol–water partition coefficient (Wildman–Crippen LogP) is 1.28. The number of carbonyl (C=O) groups excluding carboxylic acids is 3. The van der Waals surface area contributed by atoms with Crippen LogP contribution in [0.25, 0.3) is 0 Å². The van der Waals surface area contributed by atoms with Crippen LogP contribution in [0.4, 0.5) is 20.6 Å². The number of aromatic nitrogens is 1. The second-order valence-electron chi connectivity index (χ2n) is 7.80. The minimum Gasteiger partial charge on any atom is -0.396 e. The molecular formula is C20H21FN6O3. The maximum atomic E-state index is 13.3. The first kappa shape index (κ1) is 19.6. The summed E-state index contributed by atoms with van der Waals surface area (Å²) < 4.78 is 13.3. The lowest BCUT2D eigenvalue weighted by Gasteiger charge is -2.48. The second kappa shape index (κ2) is 7.29. The van der Waals surface area contributed by atoms with Crippen LogP contribution in [0.1, 0.15) is 27.3 Å².